The topological polar surface area (TPSA) is 60.5 Å². The second-order valence-corrected chi connectivity index (χ2v) is 7.36. The van der Waals surface area contributed by atoms with Gasteiger partial charge in [-0.2, -0.15) is 0 Å². The normalized spacial score (nSPS) is 15.1. The molecule has 1 aliphatic rings. The molecule has 1 aromatic heterocycles. The second kappa shape index (κ2) is 7.54. The monoisotopic (exact) mass is 381 g/mol. The first-order chi connectivity index (χ1) is 13.5. The highest BCUT2D eigenvalue weighted by molar-refractivity contribution is 6.00. The lowest BCUT2D eigenvalue weighted by molar-refractivity contribution is 0.0997. The molecule has 5 nitrogen and oxygen atoms in total. The molecule has 146 valence electrons. The number of primary amides is 1. The van der Waals surface area contributed by atoms with Crippen LogP contribution in [0.4, 0.5) is 4.39 Å². The minimum atomic E-state index is -0.492. The number of amides is 1. The number of nitrogens with zero attached hydrogens (tertiary/aromatic N) is 2. The molecule has 2 aromatic carbocycles. The summed E-state index contributed by atoms with van der Waals surface area (Å²) in [5.74, 6) is 0.409. The Hall–Kier alpha value is -3.02. The maximum atomic E-state index is 13.1. The number of nitrogens with two attached hydrogens (primary N) is 1. The van der Waals surface area contributed by atoms with Crippen LogP contribution < -0.4 is 15.5 Å². The van der Waals surface area contributed by atoms with Gasteiger partial charge in [0.2, 0.25) is 0 Å². The van der Waals surface area contributed by atoms with E-state index in [1.165, 1.54) is 17.7 Å². The van der Waals surface area contributed by atoms with Crippen molar-refractivity contribution in [1.82, 2.24) is 4.68 Å². The number of piperidine rings is 1. The van der Waals surface area contributed by atoms with Gasteiger partial charge in [0.1, 0.15) is 11.6 Å². The molecule has 0 unspecified atom stereocenters. The summed E-state index contributed by atoms with van der Waals surface area (Å²) in [4.78, 5) is 11.6. The molecule has 0 radical (unpaired) electrons. The van der Waals surface area contributed by atoms with Crippen LogP contribution in [0.3, 0.4) is 0 Å². The van der Waals surface area contributed by atoms with Gasteiger partial charge in [-0.05, 0) is 55.0 Å². The van der Waals surface area contributed by atoms with Crippen LogP contribution in [-0.4, -0.2) is 30.8 Å². The van der Waals surface area contributed by atoms with Gasteiger partial charge in [-0.1, -0.05) is 12.1 Å². The quantitative estimate of drug-likeness (QED) is 0.736. The van der Waals surface area contributed by atoms with Crippen molar-refractivity contribution < 1.29 is 13.9 Å². The molecular weight excluding hydrogens is 357 g/mol. The largest absolute Gasteiger partial charge is 0.496 e. The van der Waals surface area contributed by atoms with Gasteiger partial charge >= 0.3 is 0 Å². The summed E-state index contributed by atoms with van der Waals surface area (Å²) < 4.78 is 20.6. The molecule has 3 aromatic rings. The molecule has 0 aliphatic carbocycles. The third kappa shape index (κ3) is 3.54. The van der Waals surface area contributed by atoms with Crippen molar-refractivity contribution in [3.8, 4) is 5.75 Å². The first-order valence-corrected chi connectivity index (χ1v) is 9.53. The van der Waals surface area contributed by atoms with Gasteiger partial charge in [0, 0.05) is 30.7 Å². The molecule has 6 heteroatoms. The van der Waals surface area contributed by atoms with Crippen molar-refractivity contribution in [2.45, 2.75) is 19.3 Å². The number of fused-ring (bicyclic) bond motifs is 1. The van der Waals surface area contributed by atoms with E-state index in [0.717, 1.165) is 43.3 Å². The van der Waals surface area contributed by atoms with Crippen LogP contribution in [0.1, 0.15) is 28.8 Å². The Morgan fingerprint density at radius 2 is 1.89 bits per heavy atom. The minimum absolute atomic E-state index is 0.187. The first-order valence-electron chi connectivity index (χ1n) is 9.53. The third-order valence-electron chi connectivity index (χ3n) is 5.59. The molecule has 1 amide bonds. The minimum Gasteiger partial charge on any atom is -0.496 e. The van der Waals surface area contributed by atoms with Crippen molar-refractivity contribution >= 4 is 16.8 Å². The van der Waals surface area contributed by atoms with Crippen molar-refractivity contribution in [2.24, 2.45) is 11.7 Å². The molecule has 2 N–H and O–H groups in total. The molecule has 1 fully saturated rings. The number of methoxy groups -OCH3 is 1. The lowest BCUT2D eigenvalue weighted by Crippen LogP contribution is -2.41. The van der Waals surface area contributed by atoms with Gasteiger partial charge in [-0.25, -0.2) is 4.39 Å². The van der Waals surface area contributed by atoms with E-state index in [1.54, 1.807) is 13.2 Å². The van der Waals surface area contributed by atoms with Crippen molar-refractivity contribution in [3.63, 3.8) is 0 Å². The van der Waals surface area contributed by atoms with Gasteiger partial charge in [-0.3, -0.25) is 9.47 Å². The number of hydrogen-bond acceptors (Lipinski definition) is 3. The van der Waals surface area contributed by atoms with E-state index >= 15 is 0 Å². The highest BCUT2D eigenvalue weighted by atomic mass is 19.1. The fourth-order valence-corrected chi connectivity index (χ4v) is 4.05. The summed E-state index contributed by atoms with van der Waals surface area (Å²) in [6, 6.07) is 12.5. The van der Waals surface area contributed by atoms with E-state index in [-0.39, 0.29) is 5.82 Å². The maximum Gasteiger partial charge on any atom is 0.252 e. The van der Waals surface area contributed by atoms with E-state index in [0.29, 0.717) is 17.2 Å². The zero-order chi connectivity index (χ0) is 19.7. The molecule has 1 saturated heterocycles. The van der Waals surface area contributed by atoms with E-state index < -0.39 is 5.91 Å². The Morgan fingerprint density at radius 3 is 2.54 bits per heavy atom. The molecule has 1 aliphatic heterocycles. The molecule has 2 heterocycles. The zero-order valence-electron chi connectivity index (χ0n) is 15.9. The Labute approximate surface area is 163 Å². The number of aromatic nitrogens is 1. The second-order valence-electron chi connectivity index (χ2n) is 7.36. The van der Waals surface area contributed by atoms with E-state index in [9.17, 15) is 9.18 Å². The van der Waals surface area contributed by atoms with Crippen LogP contribution in [0, 0.1) is 11.7 Å². The summed E-state index contributed by atoms with van der Waals surface area (Å²) in [5, 5.41) is 3.27. The molecule has 0 atom stereocenters. The highest BCUT2D eigenvalue weighted by Crippen LogP contribution is 2.28. The van der Waals surface area contributed by atoms with Crippen LogP contribution in [0.15, 0.2) is 48.7 Å². The third-order valence-corrected chi connectivity index (χ3v) is 5.59. The van der Waals surface area contributed by atoms with Gasteiger partial charge < -0.3 is 15.5 Å². The fraction of sp³-hybridized carbons (Fsp3) is 0.318. The van der Waals surface area contributed by atoms with Crippen LogP contribution in [-0.2, 0) is 6.42 Å². The Morgan fingerprint density at radius 1 is 1.18 bits per heavy atom. The van der Waals surface area contributed by atoms with Crippen LogP contribution in [0.25, 0.3) is 10.9 Å². The standard InChI is InChI=1S/C22H24FN3O2/c1-28-21-14-20-17(13-19(21)22(24)27)8-11-26(20)25-9-6-16(7-10-25)12-15-2-4-18(23)5-3-15/h2-5,8,11,13-14,16H,6-7,9-10,12H2,1H3,(H2,24,27). The predicted octanol–water partition coefficient (Wildman–Crippen LogP) is 3.48. The lowest BCUT2D eigenvalue weighted by Gasteiger charge is -2.35. The van der Waals surface area contributed by atoms with Gasteiger partial charge in [0.25, 0.3) is 5.91 Å². The highest BCUT2D eigenvalue weighted by Gasteiger charge is 2.21. The average molecular weight is 381 g/mol. The Bertz CT molecular complexity index is 989. The lowest BCUT2D eigenvalue weighted by atomic mass is 9.91. The summed E-state index contributed by atoms with van der Waals surface area (Å²) in [6.45, 7) is 1.88. The number of carbonyl (C=O) groups excluding carboxylic acids is 1. The SMILES string of the molecule is COc1cc2c(ccn2N2CCC(Cc3ccc(F)cc3)CC2)cc1C(N)=O. The summed E-state index contributed by atoms with van der Waals surface area (Å²) >= 11 is 0. The molecule has 28 heavy (non-hydrogen) atoms. The summed E-state index contributed by atoms with van der Waals surface area (Å²) in [7, 11) is 1.54. The molecule has 0 spiro atoms. The number of rotatable bonds is 5. The van der Waals surface area contributed by atoms with E-state index in [1.807, 2.05) is 30.5 Å². The Kier molecular flexibility index (Phi) is 4.94. The number of hydrogen-bond donors (Lipinski definition) is 1. The zero-order valence-corrected chi connectivity index (χ0v) is 15.9. The van der Waals surface area contributed by atoms with E-state index in [2.05, 4.69) is 9.69 Å². The van der Waals surface area contributed by atoms with E-state index in [4.69, 9.17) is 10.5 Å². The van der Waals surface area contributed by atoms with Crippen molar-refractivity contribution in [2.75, 3.05) is 25.2 Å². The Balaban J connectivity index is 1.49. The maximum absolute atomic E-state index is 13.1. The van der Waals surface area contributed by atoms with Crippen LogP contribution in [0.2, 0.25) is 0 Å². The van der Waals surface area contributed by atoms with Crippen LogP contribution in [0.5, 0.6) is 5.75 Å². The van der Waals surface area contributed by atoms with Gasteiger partial charge in [-0.15, -0.1) is 0 Å². The van der Waals surface area contributed by atoms with Crippen molar-refractivity contribution in [1.29, 1.82) is 0 Å². The predicted molar refractivity (Wildman–Crippen MR) is 108 cm³/mol. The summed E-state index contributed by atoms with van der Waals surface area (Å²) in [5.41, 5.74) is 8.04. The number of halogens is 1. The molecule has 0 saturated carbocycles. The average Bonchev–Trinajstić information content (AvgIpc) is 3.12. The van der Waals surface area contributed by atoms with Crippen LogP contribution >= 0.6 is 0 Å². The number of carbonyl (C=O) groups is 1. The van der Waals surface area contributed by atoms with Gasteiger partial charge in [0.05, 0.1) is 18.2 Å². The molecule has 4 rings (SSSR count). The molecular formula is C22H24FN3O2. The smallest absolute Gasteiger partial charge is 0.252 e. The first kappa shape index (κ1) is 18.3. The van der Waals surface area contributed by atoms with Crippen molar-refractivity contribution in [3.05, 3.63) is 65.6 Å². The number of benzene rings is 2. The fourth-order valence-electron chi connectivity index (χ4n) is 4.05. The van der Waals surface area contributed by atoms with Gasteiger partial charge in [0.15, 0.2) is 0 Å². The summed E-state index contributed by atoms with van der Waals surface area (Å²) in [6.07, 6.45) is 5.16. The number of ether oxygens (including phenoxy) is 1. The molecule has 0 bridgehead atoms.